The Morgan fingerprint density at radius 2 is 1.86 bits per heavy atom. The van der Waals surface area contributed by atoms with Crippen LogP contribution in [0.4, 0.5) is 5.95 Å². The first-order valence-corrected chi connectivity index (χ1v) is 10.1. The fourth-order valence-corrected chi connectivity index (χ4v) is 3.75. The molecule has 0 spiro atoms. The second kappa shape index (κ2) is 9.07. The van der Waals surface area contributed by atoms with E-state index in [1.165, 1.54) is 6.92 Å². The smallest absolute Gasteiger partial charge is 0.243 e. The van der Waals surface area contributed by atoms with Crippen molar-refractivity contribution in [1.82, 2.24) is 25.2 Å². The van der Waals surface area contributed by atoms with E-state index in [2.05, 4.69) is 25.5 Å². The van der Waals surface area contributed by atoms with Gasteiger partial charge in [-0.3, -0.25) is 9.59 Å². The number of aryl methyl sites for hydroxylation is 3. The van der Waals surface area contributed by atoms with E-state index in [-0.39, 0.29) is 17.9 Å². The Morgan fingerprint density at radius 3 is 2.41 bits per heavy atom. The van der Waals surface area contributed by atoms with Crippen LogP contribution < -0.4 is 15.5 Å². The molecule has 1 atom stereocenters. The summed E-state index contributed by atoms with van der Waals surface area (Å²) < 4.78 is 1.96. The summed E-state index contributed by atoms with van der Waals surface area (Å²) in [5.41, 5.74) is 2.92. The zero-order chi connectivity index (χ0) is 21.0. The van der Waals surface area contributed by atoms with Crippen LogP contribution in [0.3, 0.4) is 0 Å². The van der Waals surface area contributed by atoms with Gasteiger partial charge in [-0.25, -0.2) is 9.97 Å². The summed E-state index contributed by atoms with van der Waals surface area (Å²) in [5, 5.41) is 5.91. The third-order valence-electron chi connectivity index (χ3n) is 5.25. The lowest BCUT2D eigenvalue weighted by Gasteiger charge is -2.33. The van der Waals surface area contributed by atoms with Crippen LogP contribution in [-0.2, 0) is 23.1 Å². The van der Waals surface area contributed by atoms with E-state index in [4.69, 9.17) is 0 Å². The second-order valence-electron chi connectivity index (χ2n) is 7.79. The number of piperidine rings is 1. The van der Waals surface area contributed by atoms with Gasteiger partial charge in [-0.15, -0.1) is 0 Å². The highest BCUT2D eigenvalue weighted by Gasteiger charge is 2.27. The first kappa shape index (κ1) is 20.8. The Balaban J connectivity index is 1.58. The van der Waals surface area contributed by atoms with Crippen LogP contribution in [0.1, 0.15) is 36.8 Å². The summed E-state index contributed by atoms with van der Waals surface area (Å²) in [6, 6.07) is 5.36. The lowest BCUT2D eigenvalue weighted by atomic mass is 10.0. The van der Waals surface area contributed by atoms with Crippen molar-refractivity contribution in [3.63, 3.8) is 0 Å². The van der Waals surface area contributed by atoms with Crippen molar-refractivity contribution in [3.8, 4) is 0 Å². The summed E-state index contributed by atoms with van der Waals surface area (Å²) in [6.07, 6.45) is 4.03. The van der Waals surface area contributed by atoms with E-state index in [0.717, 1.165) is 49.0 Å². The summed E-state index contributed by atoms with van der Waals surface area (Å²) in [5.74, 6) is 0.413. The molecule has 0 unspecified atom stereocenters. The molecule has 156 valence electrons. The van der Waals surface area contributed by atoms with Gasteiger partial charge in [0.25, 0.3) is 0 Å². The van der Waals surface area contributed by atoms with Crippen molar-refractivity contribution in [2.75, 3.05) is 18.0 Å². The van der Waals surface area contributed by atoms with Crippen LogP contribution in [0.15, 0.2) is 24.4 Å². The molecule has 2 aromatic rings. The van der Waals surface area contributed by atoms with E-state index in [1.807, 2.05) is 49.9 Å². The van der Waals surface area contributed by atoms with Crippen molar-refractivity contribution < 1.29 is 9.59 Å². The second-order valence-corrected chi connectivity index (χ2v) is 7.79. The van der Waals surface area contributed by atoms with Crippen LogP contribution in [0.25, 0.3) is 0 Å². The molecule has 3 rings (SSSR count). The van der Waals surface area contributed by atoms with Gasteiger partial charge in [0.2, 0.25) is 17.8 Å². The molecule has 0 aromatic carbocycles. The maximum atomic E-state index is 12.9. The fourth-order valence-electron chi connectivity index (χ4n) is 3.75. The SMILES string of the molecule is CC(=O)N[C@H](Cc1cccn1C)C(=O)NC1CCN(c2nc(C)cc(C)n2)CC1. The first-order chi connectivity index (χ1) is 13.8. The number of nitrogens with zero attached hydrogens (tertiary/aromatic N) is 4. The van der Waals surface area contributed by atoms with Crippen molar-refractivity contribution in [2.24, 2.45) is 7.05 Å². The van der Waals surface area contributed by atoms with Gasteiger partial charge >= 0.3 is 0 Å². The van der Waals surface area contributed by atoms with Crippen molar-refractivity contribution in [2.45, 2.75) is 52.1 Å². The lowest BCUT2D eigenvalue weighted by Crippen LogP contribution is -2.52. The minimum atomic E-state index is -0.582. The number of anilines is 1. The lowest BCUT2D eigenvalue weighted by molar-refractivity contribution is -0.128. The molecule has 0 bridgehead atoms. The summed E-state index contributed by atoms with van der Waals surface area (Å²) in [7, 11) is 1.93. The molecule has 1 saturated heterocycles. The third-order valence-corrected chi connectivity index (χ3v) is 5.25. The van der Waals surface area contributed by atoms with Crippen LogP contribution >= 0.6 is 0 Å². The zero-order valence-electron chi connectivity index (χ0n) is 17.6. The number of hydrogen-bond donors (Lipinski definition) is 2. The van der Waals surface area contributed by atoms with Gasteiger partial charge in [0.05, 0.1) is 0 Å². The average molecular weight is 399 g/mol. The molecule has 2 N–H and O–H groups in total. The minimum absolute atomic E-state index is 0.0781. The fraction of sp³-hybridized carbons (Fsp3) is 0.524. The molecule has 8 nitrogen and oxygen atoms in total. The number of aromatic nitrogens is 3. The predicted molar refractivity (Wildman–Crippen MR) is 112 cm³/mol. The Kier molecular flexibility index (Phi) is 6.51. The highest BCUT2D eigenvalue weighted by atomic mass is 16.2. The maximum Gasteiger partial charge on any atom is 0.243 e. The van der Waals surface area contributed by atoms with Crippen LogP contribution in [0.5, 0.6) is 0 Å². The van der Waals surface area contributed by atoms with Crippen LogP contribution in [0.2, 0.25) is 0 Å². The highest BCUT2D eigenvalue weighted by molar-refractivity contribution is 5.87. The zero-order valence-corrected chi connectivity index (χ0v) is 17.6. The van der Waals surface area contributed by atoms with Gasteiger partial charge in [0, 0.05) is 62.8 Å². The molecule has 0 radical (unpaired) electrons. The molecular weight excluding hydrogens is 368 g/mol. The number of nitrogens with one attached hydrogen (secondary N) is 2. The number of amides is 2. The normalized spacial score (nSPS) is 15.8. The summed E-state index contributed by atoms with van der Waals surface area (Å²) in [6.45, 7) is 6.96. The van der Waals surface area contributed by atoms with E-state index in [0.29, 0.717) is 6.42 Å². The van der Waals surface area contributed by atoms with Crippen LogP contribution in [-0.4, -0.2) is 51.5 Å². The molecule has 0 saturated carbocycles. The molecule has 1 aliphatic rings. The number of carbonyl (C=O) groups excluding carboxylic acids is 2. The van der Waals surface area contributed by atoms with Crippen molar-refractivity contribution in [3.05, 3.63) is 41.5 Å². The standard InChI is InChI=1S/C21H30N6O2/c1-14-12-15(2)23-21(22-14)27-10-7-17(8-11-27)25-20(29)19(24-16(3)28)13-18-6-5-9-26(18)4/h5-6,9,12,17,19H,7-8,10-11,13H2,1-4H3,(H,24,28)(H,25,29)/t19-/m1/s1. The number of carbonyl (C=O) groups is 2. The summed E-state index contributed by atoms with van der Waals surface area (Å²) >= 11 is 0. The first-order valence-electron chi connectivity index (χ1n) is 10.1. The molecule has 29 heavy (non-hydrogen) atoms. The third kappa shape index (κ3) is 5.56. The maximum absolute atomic E-state index is 12.9. The Bertz CT molecular complexity index is 850. The van der Waals surface area contributed by atoms with Crippen molar-refractivity contribution >= 4 is 17.8 Å². The average Bonchev–Trinajstić information content (AvgIpc) is 3.05. The van der Waals surface area contributed by atoms with E-state index < -0.39 is 6.04 Å². The van der Waals surface area contributed by atoms with E-state index >= 15 is 0 Å². The molecule has 8 heteroatoms. The van der Waals surface area contributed by atoms with Gasteiger partial charge in [-0.2, -0.15) is 0 Å². The molecule has 3 heterocycles. The topological polar surface area (TPSA) is 92.2 Å². The Hall–Kier alpha value is -2.90. The molecule has 2 amide bonds. The largest absolute Gasteiger partial charge is 0.354 e. The Morgan fingerprint density at radius 1 is 1.21 bits per heavy atom. The molecule has 2 aromatic heterocycles. The van der Waals surface area contributed by atoms with Gasteiger partial charge in [-0.05, 0) is 44.9 Å². The number of hydrogen-bond acceptors (Lipinski definition) is 5. The highest BCUT2D eigenvalue weighted by Crippen LogP contribution is 2.17. The van der Waals surface area contributed by atoms with Gasteiger partial charge < -0.3 is 20.1 Å². The van der Waals surface area contributed by atoms with Crippen molar-refractivity contribution in [1.29, 1.82) is 0 Å². The van der Waals surface area contributed by atoms with Gasteiger partial charge in [0.1, 0.15) is 6.04 Å². The predicted octanol–water partition coefficient (Wildman–Crippen LogP) is 1.26. The summed E-state index contributed by atoms with van der Waals surface area (Å²) in [4.78, 5) is 35.7. The quantitative estimate of drug-likeness (QED) is 0.764. The van der Waals surface area contributed by atoms with Gasteiger partial charge in [-0.1, -0.05) is 0 Å². The molecular formula is C21H30N6O2. The van der Waals surface area contributed by atoms with E-state index in [1.54, 1.807) is 0 Å². The number of rotatable bonds is 6. The molecule has 1 aliphatic heterocycles. The van der Waals surface area contributed by atoms with Gasteiger partial charge in [0.15, 0.2) is 0 Å². The molecule has 0 aliphatic carbocycles. The Labute approximate surface area is 171 Å². The monoisotopic (exact) mass is 398 g/mol. The van der Waals surface area contributed by atoms with Crippen LogP contribution in [0, 0.1) is 13.8 Å². The molecule has 1 fully saturated rings. The minimum Gasteiger partial charge on any atom is -0.354 e. The van der Waals surface area contributed by atoms with E-state index in [9.17, 15) is 9.59 Å².